The Balaban J connectivity index is 2.31. The average Bonchev–Trinajstić information content (AvgIpc) is 2.79. The molecule has 1 aliphatic heterocycles. The van der Waals surface area contributed by atoms with Crippen LogP contribution in [0.1, 0.15) is 23.2 Å². The highest BCUT2D eigenvalue weighted by Crippen LogP contribution is 2.24. The lowest BCUT2D eigenvalue weighted by atomic mass is 10.1. The van der Waals surface area contributed by atoms with E-state index in [4.69, 9.17) is 5.26 Å². The molecule has 0 aliphatic carbocycles. The number of carbonyl (C=O) groups excluding carboxylic acids is 1. The lowest BCUT2D eigenvalue weighted by Crippen LogP contribution is -2.34. The first-order valence-electron chi connectivity index (χ1n) is 5.32. The van der Waals surface area contributed by atoms with Gasteiger partial charge in [-0.25, -0.2) is 4.39 Å². The van der Waals surface area contributed by atoms with Crippen molar-refractivity contribution in [1.29, 1.82) is 5.26 Å². The molecule has 1 aromatic carbocycles. The van der Waals surface area contributed by atoms with Crippen molar-refractivity contribution in [3.63, 3.8) is 0 Å². The van der Waals surface area contributed by atoms with Crippen LogP contribution in [0.2, 0.25) is 0 Å². The fraction of sp³-hybridized carbons (Fsp3) is 0.333. The number of halogens is 1. The van der Waals surface area contributed by atoms with Gasteiger partial charge in [0, 0.05) is 6.54 Å². The first-order chi connectivity index (χ1) is 8.13. The van der Waals surface area contributed by atoms with E-state index in [2.05, 4.69) is 0 Å². The topological polar surface area (TPSA) is 64.3 Å². The van der Waals surface area contributed by atoms with Gasteiger partial charge in [0.15, 0.2) is 0 Å². The van der Waals surface area contributed by atoms with Crippen molar-refractivity contribution < 1.29 is 14.3 Å². The minimum Gasteiger partial charge on any atom is -0.507 e. The molecule has 0 radical (unpaired) electrons. The summed E-state index contributed by atoms with van der Waals surface area (Å²) in [6.45, 7) is 0.465. The molecule has 88 valence electrons. The summed E-state index contributed by atoms with van der Waals surface area (Å²) in [5.74, 6) is -1.34. The minimum absolute atomic E-state index is 0.0906. The predicted octanol–water partition coefficient (Wildman–Crippen LogP) is 1.66. The van der Waals surface area contributed by atoms with Crippen molar-refractivity contribution in [2.75, 3.05) is 6.54 Å². The first kappa shape index (κ1) is 11.4. The number of phenols is 1. The number of phenolic OH excluding ortho intramolecular Hbond substituents is 1. The van der Waals surface area contributed by atoms with E-state index in [1.54, 1.807) is 0 Å². The van der Waals surface area contributed by atoms with Crippen molar-refractivity contribution in [3.8, 4) is 11.8 Å². The van der Waals surface area contributed by atoms with Gasteiger partial charge in [-0.15, -0.1) is 0 Å². The third-order valence-corrected chi connectivity index (χ3v) is 2.85. The maximum absolute atomic E-state index is 13.0. The molecular formula is C12H11FN2O2. The van der Waals surface area contributed by atoms with Gasteiger partial charge in [0.2, 0.25) is 0 Å². The molecule has 0 aromatic heterocycles. The number of aromatic hydroxyl groups is 1. The summed E-state index contributed by atoms with van der Waals surface area (Å²) < 4.78 is 13.0. The second-order valence-corrected chi connectivity index (χ2v) is 3.95. The second kappa shape index (κ2) is 4.42. The fourth-order valence-electron chi connectivity index (χ4n) is 1.98. The van der Waals surface area contributed by atoms with Gasteiger partial charge in [0.05, 0.1) is 11.6 Å². The van der Waals surface area contributed by atoms with Gasteiger partial charge in [0.25, 0.3) is 5.91 Å². The highest BCUT2D eigenvalue weighted by molar-refractivity contribution is 5.97. The van der Waals surface area contributed by atoms with Crippen molar-refractivity contribution in [2.45, 2.75) is 18.9 Å². The van der Waals surface area contributed by atoms with E-state index in [9.17, 15) is 14.3 Å². The van der Waals surface area contributed by atoms with E-state index >= 15 is 0 Å². The molecule has 4 nitrogen and oxygen atoms in total. The summed E-state index contributed by atoms with van der Waals surface area (Å²) in [4.78, 5) is 13.4. The van der Waals surface area contributed by atoms with Crippen LogP contribution in [0.15, 0.2) is 18.2 Å². The molecule has 1 unspecified atom stereocenters. The monoisotopic (exact) mass is 234 g/mol. The molecule has 1 saturated heterocycles. The highest BCUT2D eigenvalue weighted by atomic mass is 19.1. The van der Waals surface area contributed by atoms with E-state index in [-0.39, 0.29) is 11.3 Å². The Kier molecular flexibility index (Phi) is 2.96. The van der Waals surface area contributed by atoms with E-state index in [0.29, 0.717) is 13.0 Å². The molecule has 1 aromatic rings. The Hall–Kier alpha value is -2.09. The summed E-state index contributed by atoms with van der Waals surface area (Å²) in [5.41, 5.74) is -0.0906. The zero-order chi connectivity index (χ0) is 12.4. The molecule has 1 fully saturated rings. The minimum atomic E-state index is -0.584. The Morgan fingerprint density at radius 1 is 1.59 bits per heavy atom. The molecule has 0 bridgehead atoms. The van der Waals surface area contributed by atoms with Gasteiger partial charge < -0.3 is 10.0 Å². The maximum atomic E-state index is 13.0. The first-order valence-corrected chi connectivity index (χ1v) is 5.32. The molecule has 5 heteroatoms. The normalized spacial score (nSPS) is 19.1. The van der Waals surface area contributed by atoms with Crippen LogP contribution in [0.4, 0.5) is 4.39 Å². The molecule has 1 atom stereocenters. The molecular weight excluding hydrogens is 223 g/mol. The smallest absolute Gasteiger partial charge is 0.258 e. The van der Waals surface area contributed by atoms with E-state index in [1.165, 1.54) is 4.90 Å². The number of amides is 1. The predicted molar refractivity (Wildman–Crippen MR) is 57.7 cm³/mol. The number of benzene rings is 1. The van der Waals surface area contributed by atoms with Crippen LogP contribution < -0.4 is 0 Å². The standard InChI is InChI=1S/C12H11FN2O2/c13-8-3-4-11(16)10(6-8)12(17)15-5-1-2-9(15)7-14/h3-4,6,9,16H,1-2,5H2. The average molecular weight is 234 g/mol. The third-order valence-electron chi connectivity index (χ3n) is 2.85. The van der Waals surface area contributed by atoms with Gasteiger partial charge in [-0.1, -0.05) is 0 Å². The van der Waals surface area contributed by atoms with E-state index < -0.39 is 17.8 Å². The second-order valence-electron chi connectivity index (χ2n) is 3.95. The number of nitrogens with zero attached hydrogens (tertiary/aromatic N) is 2. The fourth-order valence-corrected chi connectivity index (χ4v) is 1.98. The molecule has 17 heavy (non-hydrogen) atoms. The van der Waals surface area contributed by atoms with Crippen LogP contribution in [0.3, 0.4) is 0 Å². The quantitative estimate of drug-likeness (QED) is 0.803. The largest absolute Gasteiger partial charge is 0.507 e. The molecule has 0 spiro atoms. The summed E-state index contributed by atoms with van der Waals surface area (Å²) in [6.07, 6.45) is 1.37. The maximum Gasteiger partial charge on any atom is 0.258 e. The van der Waals surface area contributed by atoms with Crippen molar-refractivity contribution in [3.05, 3.63) is 29.6 Å². The van der Waals surface area contributed by atoms with Crippen LogP contribution in [0.5, 0.6) is 5.75 Å². The molecule has 1 N–H and O–H groups in total. The Morgan fingerprint density at radius 3 is 3.06 bits per heavy atom. The van der Waals surface area contributed by atoms with Crippen molar-refractivity contribution in [1.82, 2.24) is 4.90 Å². The Bertz CT molecular complexity index is 496. The lowest BCUT2D eigenvalue weighted by molar-refractivity contribution is 0.0761. The SMILES string of the molecule is N#CC1CCCN1C(=O)c1cc(F)ccc1O. The number of hydrogen-bond donors (Lipinski definition) is 1. The lowest BCUT2D eigenvalue weighted by Gasteiger charge is -2.19. The summed E-state index contributed by atoms with van der Waals surface area (Å²) in [5, 5.41) is 18.4. The van der Waals surface area contributed by atoms with E-state index in [0.717, 1.165) is 24.6 Å². The molecule has 1 aliphatic rings. The van der Waals surface area contributed by atoms with Gasteiger partial charge in [-0.05, 0) is 31.0 Å². The Labute approximate surface area is 97.9 Å². The summed E-state index contributed by atoms with van der Waals surface area (Å²) in [6, 6.07) is 4.76. The van der Waals surface area contributed by atoms with Crippen LogP contribution >= 0.6 is 0 Å². The zero-order valence-corrected chi connectivity index (χ0v) is 9.06. The van der Waals surface area contributed by atoms with Gasteiger partial charge in [0.1, 0.15) is 17.6 Å². The van der Waals surface area contributed by atoms with Crippen LogP contribution in [0.25, 0.3) is 0 Å². The van der Waals surface area contributed by atoms with Crippen LogP contribution in [-0.2, 0) is 0 Å². The van der Waals surface area contributed by atoms with Crippen molar-refractivity contribution in [2.24, 2.45) is 0 Å². The van der Waals surface area contributed by atoms with Crippen LogP contribution in [0, 0.1) is 17.1 Å². The highest BCUT2D eigenvalue weighted by Gasteiger charge is 2.30. The number of carbonyl (C=O) groups is 1. The van der Waals surface area contributed by atoms with Gasteiger partial charge in [-0.2, -0.15) is 5.26 Å². The van der Waals surface area contributed by atoms with Gasteiger partial charge >= 0.3 is 0 Å². The number of hydrogen-bond acceptors (Lipinski definition) is 3. The number of likely N-dealkylation sites (tertiary alicyclic amines) is 1. The third kappa shape index (κ3) is 2.07. The molecule has 0 saturated carbocycles. The molecule has 1 amide bonds. The van der Waals surface area contributed by atoms with E-state index in [1.807, 2.05) is 6.07 Å². The molecule has 2 rings (SSSR count). The zero-order valence-electron chi connectivity index (χ0n) is 9.06. The Morgan fingerprint density at radius 2 is 2.35 bits per heavy atom. The summed E-state index contributed by atoms with van der Waals surface area (Å²) >= 11 is 0. The number of rotatable bonds is 1. The van der Waals surface area contributed by atoms with Crippen LogP contribution in [-0.4, -0.2) is 28.5 Å². The number of nitriles is 1. The summed E-state index contributed by atoms with van der Waals surface area (Å²) in [7, 11) is 0. The van der Waals surface area contributed by atoms with Gasteiger partial charge in [-0.3, -0.25) is 4.79 Å². The molecule has 1 heterocycles. The van der Waals surface area contributed by atoms with Crippen molar-refractivity contribution >= 4 is 5.91 Å².